The Bertz CT molecular complexity index is 2200. The zero-order valence-corrected chi connectivity index (χ0v) is 22.9. The van der Waals surface area contributed by atoms with Crippen molar-refractivity contribution in [3.8, 4) is 27.9 Å². The average molecular weight is 525 g/mol. The van der Waals surface area contributed by atoms with Gasteiger partial charge in [0.2, 0.25) is 0 Å². The smallest absolute Gasteiger partial charge is 0.114 e. The normalized spacial score (nSPS) is 11.6. The fraction of sp³-hybridized carbons (Fsp3) is 0.0513. The van der Waals surface area contributed by atoms with E-state index >= 15 is 0 Å². The molecule has 0 radical (unpaired) electrons. The lowest BCUT2D eigenvalue weighted by Gasteiger charge is -2.19. The van der Waals surface area contributed by atoms with Crippen LogP contribution in [0, 0.1) is 0 Å². The summed E-state index contributed by atoms with van der Waals surface area (Å²) < 4.78 is 2.31. The van der Waals surface area contributed by atoms with Gasteiger partial charge < -0.3 is 0 Å². The highest BCUT2D eigenvalue weighted by Gasteiger charge is 2.18. The first-order valence-electron chi connectivity index (χ1n) is 14.3. The SMILES string of the molecule is CCc1nc2ccccc2n1-c1cccc(-c2c3ccccc3c(-c3ccc4ccccc4c3)c3ccccc23)c1. The van der Waals surface area contributed by atoms with Gasteiger partial charge in [-0.25, -0.2) is 4.98 Å². The molecule has 8 aromatic rings. The summed E-state index contributed by atoms with van der Waals surface area (Å²) >= 11 is 0. The average Bonchev–Trinajstić information content (AvgIpc) is 3.42. The zero-order valence-electron chi connectivity index (χ0n) is 22.9. The van der Waals surface area contributed by atoms with Gasteiger partial charge in [0.25, 0.3) is 0 Å². The number of aromatic nitrogens is 2. The Morgan fingerprint density at radius 2 is 1.10 bits per heavy atom. The summed E-state index contributed by atoms with van der Waals surface area (Å²) in [4.78, 5) is 4.94. The Morgan fingerprint density at radius 1 is 0.512 bits per heavy atom. The Kier molecular flexibility index (Phi) is 5.46. The predicted octanol–water partition coefficient (Wildman–Crippen LogP) is 10.4. The molecule has 0 atom stereocenters. The molecule has 0 aliphatic carbocycles. The molecule has 0 saturated carbocycles. The number of imidazole rings is 1. The van der Waals surface area contributed by atoms with Crippen molar-refractivity contribution in [2.24, 2.45) is 0 Å². The quantitative estimate of drug-likeness (QED) is 0.209. The lowest BCUT2D eigenvalue weighted by atomic mass is 9.85. The lowest BCUT2D eigenvalue weighted by Crippen LogP contribution is -2.00. The van der Waals surface area contributed by atoms with Crippen LogP contribution in [0.15, 0.2) is 140 Å². The largest absolute Gasteiger partial charge is 0.296 e. The summed E-state index contributed by atoms with van der Waals surface area (Å²) in [5.74, 6) is 1.07. The summed E-state index contributed by atoms with van der Waals surface area (Å²) in [5.41, 5.74) is 8.32. The van der Waals surface area contributed by atoms with Crippen molar-refractivity contribution >= 4 is 43.4 Å². The molecule has 0 N–H and O–H groups in total. The van der Waals surface area contributed by atoms with Crippen LogP contribution in [0.2, 0.25) is 0 Å². The van der Waals surface area contributed by atoms with Gasteiger partial charge in [0.1, 0.15) is 5.82 Å². The van der Waals surface area contributed by atoms with Gasteiger partial charge in [0.15, 0.2) is 0 Å². The number of hydrogen-bond acceptors (Lipinski definition) is 1. The van der Waals surface area contributed by atoms with Gasteiger partial charge in [-0.3, -0.25) is 4.57 Å². The van der Waals surface area contributed by atoms with Gasteiger partial charge in [-0.1, -0.05) is 116 Å². The van der Waals surface area contributed by atoms with Crippen LogP contribution in [-0.4, -0.2) is 9.55 Å². The predicted molar refractivity (Wildman–Crippen MR) is 174 cm³/mol. The van der Waals surface area contributed by atoms with E-state index in [2.05, 4.69) is 151 Å². The van der Waals surface area contributed by atoms with Gasteiger partial charge in [-0.2, -0.15) is 0 Å². The third-order valence-electron chi connectivity index (χ3n) is 8.31. The third kappa shape index (κ3) is 3.76. The van der Waals surface area contributed by atoms with Crippen LogP contribution in [0.4, 0.5) is 0 Å². The molecule has 0 bridgehead atoms. The van der Waals surface area contributed by atoms with Crippen LogP contribution in [0.5, 0.6) is 0 Å². The van der Waals surface area contributed by atoms with Crippen molar-refractivity contribution in [2.45, 2.75) is 13.3 Å². The summed E-state index contributed by atoms with van der Waals surface area (Å²) in [6.07, 6.45) is 0.866. The Hall–Kier alpha value is -5.21. The van der Waals surface area contributed by atoms with E-state index in [9.17, 15) is 0 Å². The molecule has 2 heteroatoms. The number of para-hydroxylation sites is 2. The van der Waals surface area contributed by atoms with Crippen molar-refractivity contribution in [3.05, 3.63) is 145 Å². The van der Waals surface area contributed by atoms with Crippen LogP contribution >= 0.6 is 0 Å². The van der Waals surface area contributed by atoms with Crippen molar-refractivity contribution < 1.29 is 0 Å². The van der Waals surface area contributed by atoms with E-state index in [1.54, 1.807) is 0 Å². The number of hydrogen-bond donors (Lipinski definition) is 0. The Labute approximate surface area is 239 Å². The molecule has 0 amide bonds. The third-order valence-corrected chi connectivity index (χ3v) is 8.31. The molecule has 41 heavy (non-hydrogen) atoms. The number of nitrogens with zero attached hydrogens (tertiary/aromatic N) is 2. The first-order valence-corrected chi connectivity index (χ1v) is 14.3. The zero-order chi connectivity index (χ0) is 27.3. The van der Waals surface area contributed by atoms with E-state index in [0.717, 1.165) is 29.0 Å². The number of benzene rings is 7. The maximum absolute atomic E-state index is 4.94. The summed E-state index contributed by atoms with van der Waals surface area (Å²) in [7, 11) is 0. The van der Waals surface area contributed by atoms with E-state index in [4.69, 9.17) is 4.98 Å². The summed E-state index contributed by atoms with van der Waals surface area (Å²) in [6.45, 7) is 2.17. The van der Waals surface area contributed by atoms with Gasteiger partial charge in [-0.05, 0) is 84.9 Å². The molecule has 1 heterocycles. The molecule has 0 fully saturated rings. The van der Waals surface area contributed by atoms with Crippen molar-refractivity contribution in [1.29, 1.82) is 0 Å². The Morgan fingerprint density at radius 3 is 1.78 bits per heavy atom. The molecular formula is C39H28N2. The molecule has 0 unspecified atom stereocenters. The van der Waals surface area contributed by atoms with Crippen LogP contribution in [0.25, 0.3) is 71.3 Å². The fourth-order valence-electron chi connectivity index (χ4n) is 6.50. The van der Waals surface area contributed by atoms with E-state index in [-0.39, 0.29) is 0 Å². The molecular weight excluding hydrogens is 496 g/mol. The minimum Gasteiger partial charge on any atom is -0.296 e. The lowest BCUT2D eigenvalue weighted by molar-refractivity contribution is 0.908. The monoisotopic (exact) mass is 524 g/mol. The fourth-order valence-corrected chi connectivity index (χ4v) is 6.50. The number of rotatable bonds is 4. The molecule has 2 nitrogen and oxygen atoms in total. The van der Waals surface area contributed by atoms with Gasteiger partial charge >= 0.3 is 0 Å². The maximum Gasteiger partial charge on any atom is 0.114 e. The van der Waals surface area contributed by atoms with Gasteiger partial charge in [0, 0.05) is 12.1 Å². The van der Waals surface area contributed by atoms with Crippen LogP contribution < -0.4 is 0 Å². The first kappa shape index (κ1) is 23.7. The molecule has 0 saturated heterocycles. The number of aryl methyl sites for hydroxylation is 1. The highest BCUT2D eigenvalue weighted by Crippen LogP contribution is 2.44. The summed E-state index contributed by atoms with van der Waals surface area (Å²) in [5, 5.41) is 7.58. The topological polar surface area (TPSA) is 17.8 Å². The van der Waals surface area contributed by atoms with E-state index in [0.29, 0.717) is 0 Å². The molecule has 0 aliphatic heterocycles. The maximum atomic E-state index is 4.94. The first-order chi connectivity index (χ1) is 20.3. The van der Waals surface area contributed by atoms with Crippen molar-refractivity contribution in [1.82, 2.24) is 9.55 Å². The van der Waals surface area contributed by atoms with E-state index < -0.39 is 0 Å². The summed E-state index contributed by atoms with van der Waals surface area (Å²) in [6, 6.07) is 50.6. The minimum atomic E-state index is 0.866. The van der Waals surface area contributed by atoms with Crippen LogP contribution in [-0.2, 0) is 6.42 Å². The van der Waals surface area contributed by atoms with Crippen LogP contribution in [0.1, 0.15) is 12.7 Å². The second-order valence-corrected chi connectivity index (χ2v) is 10.7. The molecule has 0 aliphatic rings. The molecule has 7 aromatic carbocycles. The highest BCUT2D eigenvalue weighted by molar-refractivity contribution is 6.21. The van der Waals surface area contributed by atoms with Crippen molar-refractivity contribution in [3.63, 3.8) is 0 Å². The highest BCUT2D eigenvalue weighted by atomic mass is 15.1. The molecule has 8 rings (SSSR count). The molecule has 1 aromatic heterocycles. The standard InChI is InChI=1S/C39H28N2/c1-2-37-40-35-20-9-10-21-36(35)41(37)30-15-11-14-28(25-30)38-31-16-5-7-18-33(31)39(34-19-8-6-17-32(34)38)29-23-22-26-12-3-4-13-27(26)24-29/h3-25H,2H2,1H3. The van der Waals surface area contributed by atoms with Gasteiger partial charge in [-0.15, -0.1) is 0 Å². The second-order valence-electron chi connectivity index (χ2n) is 10.7. The molecule has 194 valence electrons. The number of fused-ring (bicyclic) bond motifs is 4. The molecule has 0 spiro atoms. The van der Waals surface area contributed by atoms with Crippen LogP contribution in [0.3, 0.4) is 0 Å². The van der Waals surface area contributed by atoms with Gasteiger partial charge in [0.05, 0.1) is 11.0 Å². The Balaban J connectivity index is 1.42. The second kappa shape index (κ2) is 9.46. The van der Waals surface area contributed by atoms with Crippen molar-refractivity contribution in [2.75, 3.05) is 0 Å². The minimum absolute atomic E-state index is 0.866. The van der Waals surface area contributed by atoms with E-state index in [1.165, 1.54) is 54.6 Å². The van der Waals surface area contributed by atoms with E-state index in [1.807, 2.05) is 0 Å².